The Labute approximate surface area is 304 Å². The minimum absolute atomic E-state index is 0.0124. The highest BCUT2D eigenvalue weighted by Gasteiger charge is 2.92. The number of esters is 2. The van der Waals surface area contributed by atoms with Crippen LogP contribution in [0.3, 0.4) is 0 Å². The number of para-hydroxylation sites is 1. The molecule has 5 aliphatic carbocycles. The quantitative estimate of drug-likeness (QED) is 0.227. The number of nitrogens with two attached hydrogens (primary N) is 1. The summed E-state index contributed by atoms with van der Waals surface area (Å²) >= 11 is 0. The molecule has 52 heavy (non-hydrogen) atoms. The van der Waals surface area contributed by atoms with Gasteiger partial charge in [0.1, 0.15) is 17.3 Å². The third kappa shape index (κ3) is 4.83. The number of likely N-dealkylation sites (N-methyl/N-ethyl adjacent to an activating group) is 1. The van der Waals surface area contributed by atoms with Crippen LogP contribution in [0.5, 0.6) is 0 Å². The van der Waals surface area contributed by atoms with Gasteiger partial charge in [-0.2, -0.15) is 0 Å². The molecule has 1 heterocycles. The number of anilines is 1. The van der Waals surface area contributed by atoms with E-state index in [0.29, 0.717) is 32.4 Å². The van der Waals surface area contributed by atoms with Crippen LogP contribution in [0.25, 0.3) is 0 Å². The lowest BCUT2D eigenvalue weighted by Crippen LogP contribution is -2.82. The van der Waals surface area contributed by atoms with Crippen LogP contribution in [0.2, 0.25) is 0 Å². The molecule has 1 spiro atoms. The summed E-state index contributed by atoms with van der Waals surface area (Å²) in [6, 6.07) is 5.99. The van der Waals surface area contributed by atoms with Gasteiger partial charge in [-0.3, -0.25) is 19.3 Å². The topological polar surface area (TPSA) is 196 Å². The van der Waals surface area contributed by atoms with Crippen LogP contribution < -0.4 is 11.1 Å². The molecule has 7 bridgehead atoms. The highest BCUT2D eigenvalue weighted by Crippen LogP contribution is 2.80. The number of methoxy groups -OCH3 is 3. The van der Waals surface area contributed by atoms with Crippen LogP contribution in [0.15, 0.2) is 24.3 Å². The Morgan fingerprint density at radius 2 is 1.83 bits per heavy atom. The molecule has 1 aromatic carbocycles. The number of aliphatic hydroxyl groups is 2. The first kappa shape index (κ1) is 37.2. The summed E-state index contributed by atoms with van der Waals surface area (Å²) in [4.78, 5) is 53.1. The number of hydrogen-bond donors (Lipinski definition) is 4. The van der Waals surface area contributed by atoms with Crippen LogP contribution >= 0.6 is 0 Å². The molecule has 6 fully saturated rings. The van der Waals surface area contributed by atoms with Gasteiger partial charge in [0.25, 0.3) is 0 Å². The van der Waals surface area contributed by atoms with Crippen molar-refractivity contribution in [3.8, 4) is 0 Å². The molecule has 286 valence electrons. The zero-order valence-corrected chi connectivity index (χ0v) is 30.8. The largest absolute Gasteiger partial charge is 0.462 e. The van der Waals surface area contributed by atoms with Crippen LogP contribution in [-0.4, -0.2) is 122 Å². The maximum absolute atomic E-state index is 14.0. The van der Waals surface area contributed by atoms with Crippen molar-refractivity contribution in [2.75, 3.05) is 46.3 Å². The number of carbonyl (C=O) groups excluding carboxylic acids is 4. The highest BCUT2D eigenvalue weighted by molar-refractivity contribution is 6.02. The molecule has 5 N–H and O–H groups in total. The Balaban J connectivity index is 1.30. The van der Waals surface area contributed by atoms with Crippen molar-refractivity contribution in [1.82, 2.24) is 4.90 Å². The Morgan fingerprint density at radius 1 is 1.10 bits per heavy atom. The maximum atomic E-state index is 14.0. The number of carbonyl (C=O) groups is 4. The van der Waals surface area contributed by atoms with E-state index in [4.69, 9.17) is 29.4 Å². The smallest absolute Gasteiger partial charge is 0.340 e. The molecule has 2 amide bonds. The van der Waals surface area contributed by atoms with Crippen molar-refractivity contribution < 1.29 is 53.1 Å². The van der Waals surface area contributed by atoms with Crippen molar-refractivity contribution in [3.05, 3.63) is 29.8 Å². The predicted molar refractivity (Wildman–Crippen MR) is 185 cm³/mol. The summed E-state index contributed by atoms with van der Waals surface area (Å²) in [5.41, 5.74) is 0.666. The molecule has 1 aliphatic heterocycles. The van der Waals surface area contributed by atoms with E-state index >= 15 is 0 Å². The lowest BCUT2D eigenvalue weighted by Gasteiger charge is -2.70. The van der Waals surface area contributed by atoms with Crippen molar-refractivity contribution in [3.63, 3.8) is 0 Å². The number of likely N-dealkylation sites (tertiary alicyclic amines) is 1. The normalized spacial score (nSPS) is 43.0. The highest BCUT2D eigenvalue weighted by atomic mass is 16.6. The molecular weight excluding hydrogens is 674 g/mol. The van der Waals surface area contributed by atoms with Gasteiger partial charge in [0.2, 0.25) is 11.8 Å². The molecule has 0 radical (unpaired) electrons. The first-order chi connectivity index (χ1) is 24.7. The Morgan fingerprint density at radius 3 is 2.46 bits per heavy atom. The number of ether oxygens (including phenoxy) is 5. The number of nitrogens with one attached hydrogen (secondary N) is 1. The van der Waals surface area contributed by atoms with Crippen molar-refractivity contribution in [1.29, 1.82) is 0 Å². The van der Waals surface area contributed by atoms with Crippen LogP contribution in [-0.2, 0) is 38.1 Å². The van der Waals surface area contributed by atoms with Crippen molar-refractivity contribution in [2.45, 2.75) is 94.5 Å². The molecular formula is C38H53N3O11. The van der Waals surface area contributed by atoms with Gasteiger partial charge in [-0.25, -0.2) is 4.79 Å². The second kappa shape index (κ2) is 13.0. The number of amides is 2. The number of benzene rings is 1. The van der Waals surface area contributed by atoms with E-state index < -0.39 is 87.9 Å². The van der Waals surface area contributed by atoms with E-state index in [-0.39, 0.29) is 48.6 Å². The van der Waals surface area contributed by atoms with Crippen molar-refractivity contribution in [2.24, 2.45) is 46.2 Å². The predicted octanol–water partition coefficient (Wildman–Crippen LogP) is 1.50. The average molecular weight is 728 g/mol. The molecule has 1 saturated heterocycles. The fourth-order valence-electron chi connectivity index (χ4n) is 12.7. The van der Waals surface area contributed by atoms with Gasteiger partial charge in [-0.1, -0.05) is 26.0 Å². The molecule has 0 aromatic heterocycles. The van der Waals surface area contributed by atoms with Crippen LogP contribution in [0.4, 0.5) is 5.69 Å². The number of rotatable bonds is 12. The van der Waals surface area contributed by atoms with Gasteiger partial charge in [0.05, 0.1) is 42.2 Å². The molecule has 14 heteroatoms. The summed E-state index contributed by atoms with van der Waals surface area (Å²) in [6.45, 7) is 5.99. The van der Waals surface area contributed by atoms with Crippen LogP contribution in [0, 0.1) is 40.4 Å². The lowest BCUT2D eigenvalue weighted by atomic mass is 9.42. The zero-order valence-electron chi connectivity index (χ0n) is 30.8. The third-order valence-corrected chi connectivity index (χ3v) is 14.2. The second-order valence-electron chi connectivity index (χ2n) is 16.2. The monoisotopic (exact) mass is 727 g/mol. The summed E-state index contributed by atoms with van der Waals surface area (Å²) in [5.74, 6) is -4.29. The number of primary amides is 1. The molecule has 14 nitrogen and oxygen atoms in total. The first-order valence-corrected chi connectivity index (χ1v) is 18.5. The van der Waals surface area contributed by atoms with Crippen molar-refractivity contribution >= 4 is 29.4 Å². The van der Waals surface area contributed by atoms with E-state index in [1.54, 1.807) is 52.5 Å². The number of fused-ring (bicyclic) bond motifs is 2. The SMILES string of the molecule is CCN1CC2(COC(=O)c3ccccc3NC(=O)C(C)CC(N)=O)CCC(OC)C34C5CC6C(OC)CC(O)(C5C6OC(C)=O)C(O)(C(OC)C23)C14. The third-order valence-electron chi connectivity index (χ3n) is 14.2. The molecule has 14 atom stereocenters. The zero-order chi connectivity index (χ0) is 37.5. The van der Waals surface area contributed by atoms with Gasteiger partial charge in [0.15, 0.2) is 0 Å². The second-order valence-corrected chi connectivity index (χ2v) is 16.2. The summed E-state index contributed by atoms with van der Waals surface area (Å²) in [7, 11) is 4.84. The standard InChI is InChI=1S/C38H53N3O11/c1-7-41-17-35(18-51-33(45)21-10-8-9-11-24(21)40-32(44)19(2)14-27(39)43)13-12-26(49-5)37-23-15-22-25(48-4)16-36(46,28(23)29(22)52-20(3)42)38(47,34(37)41)31(50-6)30(35)37/h8-11,19,22-23,25-26,28-31,34,46-47H,7,12-18H2,1-6H3,(H2,39,43)(H,40,44). The maximum Gasteiger partial charge on any atom is 0.340 e. The van der Waals surface area contributed by atoms with E-state index in [9.17, 15) is 29.4 Å². The number of nitrogens with zero attached hydrogens (tertiary/aromatic N) is 1. The van der Waals surface area contributed by atoms with Gasteiger partial charge in [-0.05, 0) is 43.9 Å². The van der Waals surface area contributed by atoms with Gasteiger partial charge in [0, 0.05) is 82.1 Å². The van der Waals surface area contributed by atoms with Gasteiger partial charge < -0.3 is 44.9 Å². The lowest BCUT2D eigenvalue weighted by molar-refractivity contribution is -0.319. The summed E-state index contributed by atoms with van der Waals surface area (Å²) < 4.78 is 31.1. The van der Waals surface area contributed by atoms with E-state index in [1.807, 2.05) is 6.92 Å². The molecule has 1 aromatic rings. The van der Waals surface area contributed by atoms with Gasteiger partial charge >= 0.3 is 11.9 Å². The molecule has 6 aliphatic rings. The minimum atomic E-state index is -1.82. The van der Waals surface area contributed by atoms with Crippen LogP contribution in [0.1, 0.15) is 63.2 Å². The average Bonchev–Trinajstić information content (AvgIpc) is 3.49. The fraction of sp³-hybridized carbons (Fsp3) is 0.737. The first-order valence-electron chi connectivity index (χ1n) is 18.5. The number of hydrogen-bond acceptors (Lipinski definition) is 12. The Kier molecular flexibility index (Phi) is 9.31. The number of piperidine rings is 1. The Bertz CT molecular complexity index is 1630. The molecule has 7 rings (SSSR count). The summed E-state index contributed by atoms with van der Waals surface area (Å²) in [6.07, 6.45) is -0.528. The molecule has 5 saturated carbocycles. The Hall–Kier alpha value is -3.14. The molecule has 14 unspecified atom stereocenters. The minimum Gasteiger partial charge on any atom is -0.462 e. The fourth-order valence-corrected chi connectivity index (χ4v) is 12.7. The summed E-state index contributed by atoms with van der Waals surface area (Å²) in [5, 5.41) is 29.4. The van der Waals surface area contributed by atoms with Gasteiger partial charge in [-0.15, -0.1) is 0 Å². The van der Waals surface area contributed by atoms with E-state index in [0.717, 1.165) is 0 Å². The van der Waals surface area contributed by atoms with E-state index in [2.05, 4.69) is 10.2 Å². The van der Waals surface area contributed by atoms with E-state index in [1.165, 1.54) is 6.92 Å².